The Morgan fingerprint density at radius 3 is 2.62 bits per heavy atom. The number of halogens is 1. The molecule has 0 aliphatic rings. The highest BCUT2D eigenvalue weighted by Crippen LogP contribution is 2.26. The third-order valence-corrected chi connectivity index (χ3v) is 3.55. The Balaban J connectivity index is 2.56. The van der Waals surface area contributed by atoms with Gasteiger partial charge in [-0.25, -0.2) is 4.39 Å². The fourth-order valence-corrected chi connectivity index (χ4v) is 2.61. The number of nitrogens with one attached hydrogen (secondary N) is 1. The van der Waals surface area contributed by atoms with E-state index in [0.29, 0.717) is 0 Å². The second kappa shape index (κ2) is 5.66. The quantitative estimate of drug-likeness (QED) is 0.484. The summed E-state index contributed by atoms with van der Waals surface area (Å²) in [5.41, 5.74) is 2.90. The lowest BCUT2D eigenvalue weighted by atomic mass is 9.88. The fourth-order valence-electron chi connectivity index (χ4n) is 1.28. The van der Waals surface area contributed by atoms with Gasteiger partial charge in [0.25, 0.3) is 0 Å². The lowest BCUT2D eigenvalue weighted by molar-refractivity contribution is 0.294. The molecule has 0 heterocycles. The first-order valence-corrected chi connectivity index (χ1v) is 6.26. The van der Waals surface area contributed by atoms with E-state index in [2.05, 4.69) is 26.2 Å². The molecule has 3 N–H and O–H groups in total. The molecule has 4 heteroatoms. The molecule has 0 spiro atoms. The van der Waals surface area contributed by atoms with Gasteiger partial charge in [-0.3, -0.25) is 11.3 Å². The summed E-state index contributed by atoms with van der Waals surface area (Å²) in [5, 5.41) is 0. The first-order valence-electron chi connectivity index (χ1n) is 5.28. The van der Waals surface area contributed by atoms with Crippen molar-refractivity contribution in [2.45, 2.75) is 31.7 Å². The van der Waals surface area contributed by atoms with Crippen LogP contribution in [-0.4, -0.2) is 11.8 Å². The van der Waals surface area contributed by atoms with Crippen molar-refractivity contribution in [1.82, 2.24) is 5.43 Å². The lowest BCUT2D eigenvalue weighted by Crippen LogP contribution is -2.46. The van der Waals surface area contributed by atoms with E-state index in [1.165, 1.54) is 6.07 Å². The van der Waals surface area contributed by atoms with Crippen molar-refractivity contribution >= 4 is 11.8 Å². The molecule has 0 saturated heterocycles. The van der Waals surface area contributed by atoms with E-state index in [-0.39, 0.29) is 17.3 Å². The van der Waals surface area contributed by atoms with Crippen LogP contribution in [0.1, 0.15) is 20.8 Å². The van der Waals surface area contributed by atoms with Gasteiger partial charge in [0.15, 0.2) is 0 Å². The standard InChI is InChI=1S/C12H19FN2S/c1-12(2,3)11(15-14)8-16-10-6-4-5-9(13)7-10/h4-7,11,15H,8,14H2,1-3H3. The minimum atomic E-state index is -0.196. The molecule has 1 unspecified atom stereocenters. The minimum absolute atomic E-state index is 0.0923. The Morgan fingerprint density at radius 2 is 2.12 bits per heavy atom. The molecule has 0 aromatic heterocycles. The molecular weight excluding hydrogens is 223 g/mol. The summed E-state index contributed by atoms with van der Waals surface area (Å²) in [6, 6.07) is 6.82. The summed E-state index contributed by atoms with van der Waals surface area (Å²) in [4.78, 5) is 0.935. The lowest BCUT2D eigenvalue weighted by Gasteiger charge is -2.29. The Kier molecular flexibility index (Phi) is 4.77. The Hall–Kier alpha value is -0.580. The minimum Gasteiger partial charge on any atom is -0.271 e. The van der Waals surface area contributed by atoms with Gasteiger partial charge in [0.1, 0.15) is 5.82 Å². The van der Waals surface area contributed by atoms with Gasteiger partial charge < -0.3 is 0 Å². The van der Waals surface area contributed by atoms with Crippen molar-refractivity contribution in [3.8, 4) is 0 Å². The number of hydrogen-bond donors (Lipinski definition) is 2. The molecule has 2 nitrogen and oxygen atoms in total. The molecule has 90 valence electrons. The zero-order chi connectivity index (χ0) is 12.2. The largest absolute Gasteiger partial charge is 0.271 e. The predicted octanol–water partition coefficient (Wildman–Crippen LogP) is 2.80. The second-order valence-electron chi connectivity index (χ2n) is 4.85. The molecule has 0 aliphatic heterocycles. The topological polar surface area (TPSA) is 38.0 Å². The number of nitrogens with two attached hydrogens (primary N) is 1. The number of hydrazine groups is 1. The third-order valence-electron chi connectivity index (χ3n) is 2.46. The smallest absolute Gasteiger partial charge is 0.124 e. The molecule has 0 radical (unpaired) electrons. The highest BCUT2D eigenvalue weighted by molar-refractivity contribution is 7.99. The average molecular weight is 242 g/mol. The molecule has 0 saturated carbocycles. The number of thioether (sulfide) groups is 1. The van der Waals surface area contributed by atoms with Crippen molar-refractivity contribution in [1.29, 1.82) is 0 Å². The van der Waals surface area contributed by atoms with E-state index in [9.17, 15) is 4.39 Å². The monoisotopic (exact) mass is 242 g/mol. The van der Waals surface area contributed by atoms with Crippen molar-refractivity contribution in [3.63, 3.8) is 0 Å². The van der Waals surface area contributed by atoms with Gasteiger partial charge in [0.2, 0.25) is 0 Å². The van der Waals surface area contributed by atoms with Gasteiger partial charge in [0, 0.05) is 16.7 Å². The number of rotatable bonds is 4. The normalized spacial score (nSPS) is 13.8. The molecule has 16 heavy (non-hydrogen) atoms. The van der Waals surface area contributed by atoms with Gasteiger partial charge >= 0.3 is 0 Å². The van der Waals surface area contributed by atoms with Crippen LogP contribution in [0.15, 0.2) is 29.2 Å². The molecular formula is C12H19FN2S. The summed E-state index contributed by atoms with van der Waals surface area (Å²) in [6.07, 6.45) is 0. The van der Waals surface area contributed by atoms with Gasteiger partial charge in [-0.15, -0.1) is 11.8 Å². The maximum absolute atomic E-state index is 13.0. The summed E-state index contributed by atoms with van der Waals surface area (Å²) < 4.78 is 13.0. The van der Waals surface area contributed by atoms with Gasteiger partial charge in [-0.05, 0) is 23.6 Å². The maximum Gasteiger partial charge on any atom is 0.124 e. The summed E-state index contributed by atoms with van der Waals surface area (Å²) in [5.74, 6) is 6.14. The second-order valence-corrected chi connectivity index (χ2v) is 5.95. The van der Waals surface area contributed by atoms with Crippen molar-refractivity contribution < 1.29 is 4.39 Å². The van der Waals surface area contributed by atoms with E-state index in [0.717, 1.165) is 10.6 Å². The van der Waals surface area contributed by atoms with Crippen molar-refractivity contribution in [2.24, 2.45) is 11.3 Å². The van der Waals surface area contributed by atoms with Crippen LogP contribution in [-0.2, 0) is 0 Å². The third kappa shape index (κ3) is 4.12. The van der Waals surface area contributed by atoms with E-state index < -0.39 is 0 Å². The fraction of sp³-hybridized carbons (Fsp3) is 0.500. The van der Waals surface area contributed by atoms with Crippen LogP contribution in [0.3, 0.4) is 0 Å². The SMILES string of the molecule is CC(C)(C)C(CSc1cccc(F)c1)NN. The summed E-state index contributed by atoms with van der Waals surface area (Å²) >= 11 is 1.61. The van der Waals surface area contributed by atoms with Gasteiger partial charge in [0.05, 0.1) is 0 Å². The highest BCUT2D eigenvalue weighted by atomic mass is 32.2. The molecule has 1 atom stereocenters. The molecule has 0 fully saturated rings. The molecule has 0 amide bonds. The van der Waals surface area contributed by atoms with Crippen LogP contribution in [0.5, 0.6) is 0 Å². The molecule has 0 bridgehead atoms. The van der Waals surface area contributed by atoms with E-state index in [4.69, 9.17) is 5.84 Å². The van der Waals surface area contributed by atoms with Crippen molar-refractivity contribution in [3.05, 3.63) is 30.1 Å². The Bertz CT molecular complexity index is 336. The van der Waals surface area contributed by atoms with Crippen LogP contribution in [0.4, 0.5) is 4.39 Å². The summed E-state index contributed by atoms with van der Waals surface area (Å²) in [6.45, 7) is 6.39. The number of benzene rings is 1. The number of hydrogen-bond acceptors (Lipinski definition) is 3. The van der Waals surface area contributed by atoms with E-state index in [1.54, 1.807) is 23.9 Å². The molecule has 1 aromatic rings. The van der Waals surface area contributed by atoms with Gasteiger partial charge in [-0.1, -0.05) is 26.8 Å². The van der Waals surface area contributed by atoms with Crippen molar-refractivity contribution in [2.75, 3.05) is 5.75 Å². The Morgan fingerprint density at radius 1 is 1.44 bits per heavy atom. The predicted molar refractivity (Wildman–Crippen MR) is 67.7 cm³/mol. The first kappa shape index (κ1) is 13.5. The first-order chi connectivity index (χ1) is 7.43. The molecule has 0 aliphatic carbocycles. The van der Waals surface area contributed by atoms with E-state index >= 15 is 0 Å². The van der Waals surface area contributed by atoms with Crippen LogP contribution in [0.2, 0.25) is 0 Å². The zero-order valence-electron chi connectivity index (χ0n) is 9.96. The average Bonchev–Trinajstić information content (AvgIpc) is 2.16. The van der Waals surface area contributed by atoms with E-state index in [1.807, 2.05) is 6.07 Å². The van der Waals surface area contributed by atoms with Crippen LogP contribution >= 0.6 is 11.8 Å². The highest BCUT2D eigenvalue weighted by Gasteiger charge is 2.23. The van der Waals surface area contributed by atoms with Gasteiger partial charge in [-0.2, -0.15) is 0 Å². The zero-order valence-corrected chi connectivity index (χ0v) is 10.8. The maximum atomic E-state index is 13.0. The summed E-state index contributed by atoms with van der Waals surface area (Å²) in [7, 11) is 0. The van der Waals surface area contributed by atoms with Crippen LogP contribution in [0.25, 0.3) is 0 Å². The molecule has 1 aromatic carbocycles. The van der Waals surface area contributed by atoms with Crippen LogP contribution in [0, 0.1) is 11.2 Å². The molecule has 1 rings (SSSR count). The van der Waals surface area contributed by atoms with Crippen LogP contribution < -0.4 is 11.3 Å². The Labute approximate surface area is 101 Å².